The van der Waals surface area contributed by atoms with Crippen LogP contribution in [0.5, 0.6) is 11.5 Å². The van der Waals surface area contributed by atoms with Gasteiger partial charge in [-0.05, 0) is 36.2 Å². The highest BCUT2D eigenvalue weighted by Gasteiger charge is 2.12. The zero-order chi connectivity index (χ0) is 14.0. The number of phenols is 2. The van der Waals surface area contributed by atoms with Crippen LogP contribution in [0.1, 0.15) is 5.56 Å². The molecule has 0 bridgehead atoms. The van der Waals surface area contributed by atoms with Crippen molar-refractivity contribution in [1.82, 2.24) is 0 Å². The van der Waals surface area contributed by atoms with Gasteiger partial charge >= 0.3 is 0 Å². The Balaban J connectivity index is 2.60. The number of nitrogen functional groups attached to an aromatic ring is 2. The van der Waals surface area contributed by atoms with Gasteiger partial charge in [-0.15, -0.1) is 0 Å². The van der Waals surface area contributed by atoms with E-state index in [4.69, 9.17) is 16.6 Å². The highest BCUT2D eigenvalue weighted by Crippen LogP contribution is 2.38. The van der Waals surface area contributed by atoms with E-state index in [0.717, 1.165) is 5.56 Å². The summed E-state index contributed by atoms with van der Waals surface area (Å²) >= 11 is 0. The fourth-order valence-electron chi connectivity index (χ4n) is 1.98. The second-order valence-corrected chi connectivity index (χ2v) is 4.32. The largest absolute Gasteiger partial charge is 0.508 e. The molecule has 100 valence electrons. The number of aromatic hydroxyl groups is 2. The van der Waals surface area contributed by atoms with Crippen LogP contribution in [0.4, 0.5) is 11.4 Å². The number of rotatable bonds is 3. The molecule has 2 aromatic rings. The highest BCUT2D eigenvalue weighted by atomic mass is 16.3. The van der Waals surface area contributed by atoms with Crippen molar-refractivity contribution in [3.8, 4) is 22.6 Å². The van der Waals surface area contributed by atoms with Gasteiger partial charge in [-0.25, -0.2) is 0 Å². The topological polar surface area (TPSA) is 113 Å². The van der Waals surface area contributed by atoms with Crippen LogP contribution in [-0.4, -0.2) is 21.9 Å². The van der Waals surface area contributed by atoms with Gasteiger partial charge in [0.25, 0.3) is 0 Å². The molecule has 0 aliphatic carbocycles. The molecule has 5 heteroatoms. The van der Waals surface area contributed by atoms with E-state index in [2.05, 4.69) is 0 Å². The molecule has 7 N–H and O–H groups in total. The minimum absolute atomic E-state index is 0.00432. The Kier molecular flexibility index (Phi) is 3.48. The first kappa shape index (κ1) is 13.0. The fraction of sp³-hybridized carbons (Fsp3) is 0.143. The average Bonchev–Trinajstić information content (AvgIpc) is 2.34. The van der Waals surface area contributed by atoms with Gasteiger partial charge in [0, 0.05) is 23.8 Å². The van der Waals surface area contributed by atoms with E-state index in [1.807, 2.05) is 0 Å². The zero-order valence-electron chi connectivity index (χ0n) is 10.3. The van der Waals surface area contributed by atoms with Gasteiger partial charge in [0.2, 0.25) is 0 Å². The van der Waals surface area contributed by atoms with Gasteiger partial charge < -0.3 is 26.8 Å². The van der Waals surface area contributed by atoms with Crippen molar-refractivity contribution in [3.05, 3.63) is 35.9 Å². The van der Waals surface area contributed by atoms with Gasteiger partial charge in [0.1, 0.15) is 11.5 Å². The standard InChI is InChI=1S/C14H16N2O3/c15-12-6-8(3-4-17)5-11(14(12)16)10-2-1-9(18)7-13(10)19/h1-2,5-7,17-19H,3-4,15-16H2. The van der Waals surface area contributed by atoms with E-state index < -0.39 is 0 Å². The summed E-state index contributed by atoms with van der Waals surface area (Å²) in [7, 11) is 0. The van der Waals surface area contributed by atoms with Crippen LogP contribution in [0.3, 0.4) is 0 Å². The zero-order valence-corrected chi connectivity index (χ0v) is 10.3. The Morgan fingerprint density at radius 3 is 2.32 bits per heavy atom. The lowest BCUT2D eigenvalue weighted by atomic mass is 9.98. The number of hydrogen-bond acceptors (Lipinski definition) is 5. The normalized spacial score (nSPS) is 10.6. The van der Waals surface area contributed by atoms with E-state index >= 15 is 0 Å². The maximum absolute atomic E-state index is 9.88. The number of nitrogens with two attached hydrogens (primary N) is 2. The molecule has 0 saturated heterocycles. The number of aliphatic hydroxyl groups is 1. The lowest BCUT2D eigenvalue weighted by Crippen LogP contribution is -2.01. The van der Waals surface area contributed by atoms with Crippen LogP contribution in [0.2, 0.25) is 0 Å². The molecule has 0 radical (unpaired) electrons. The van der Waals surface area contributed by atoms with Crippen molar-refractivity contribution in [1.29, 1.82) is 0 Å². The molecule has 0 aromatic heterocycles. The first-order chi connectivity index (χ1) is 9.02. The molecule has 2 aromatic carbocycles. The molecular formula is C14H16N2O3. The highest BCUT2D eigenvalue weighted by molar-refractivity contribution is 5.87. The molecule has 0 heterocycles. The van der Waals surface area contributed by atoms with Crippen molar-refractivity contribution >= 4 is 11.4 Å². The van der Waals surface area contributed by atoms with Gasteiger partial charge in [-0.3, -0.25) is 0 Å². The van der Waals surface area contributed by atoms with Crippen LogP contribution < -0.4 is 11.5 Å². The molecule has 0 aliphatic rings. The minimum Gasteiger partial charge on any atom is -0.508 e. The summed E-state index contributed by atoms with van der Waals surface area (Å²) in [6.45, 7) is 0.00432. The number of hydrogen-bond donors (Lipinski definition) is 5. The third-order valence-corrected chi connectivity index (χ3v) is 2.94. The van der Waals surface area contributed by atoms with E-state index in [1.165, 1.54) is 12.1 Å². The molecular weight excluding hydrogens is 244 g/mol. The van der Waals surface area contributed by atoms with Crippen LogP contribution in [-0.2, 0) is 6.42 Å². The van der Waals surface area contributed by atoms with Crippen molar-refractivity contribution in [2.24, 2.45) is 0 Å². The predicted octanol–water partition coefficient (Wildman–Crippen LogP) is 1.46. The Hall–Kier alpha value is -2.40. The Bertz CT molecular complexity index is 612. The maximum Gasteiger partial charge on any atom is 0.127 e. The maximum atomic E-state index is 9.88. The minimum atomic E-state index is -0.0766. The summed E-state index contributed by atoms with van der Waals surface area (Å²) in [5.74, 6) is -0.105. The van der Waals surface area contributed by atoms with Crippen molar-refractivity contribution in [2.75, 3.05) is 18.1 Å². The average molecular weight is 260 g/mol. The van der Waals surface area contributed by atoms with Crippen LogP contribution in [0.25, 0.3) is 11.1 Å². The molecule has 5 nitrogen and oxygen atoms in total. The second-order valence-electron chi connectivity index (χ2n) is 4.32. The molecule has 0 amide bonds. The quantitative estimate of drug-likeness (QED) is 0.536. The van der Waals surface area contributed by atoms with E-state index in [9.17, 15) is 10.2 Å². The molecule has 0 fully saturated rings. The summed E-state index contributed by atoms with van der Waals surface area (Å²) in [5.41, 5.74) is 14.4. The lowest BCUT2D eigenvalue weighted by Gasteiger charge is -2.13. The molecule has 2 rings (SSSR count). The van der Waals surface area contributed by atoms with Crippen molar-refractivity contribution in [2.45, 2.75) is 6.42 Å². The number of aliphatic hydroxyl groups excluding tert-OH is 1. The fourth-order valence-corrected chi connectivity index (χ4v) is 1.98. The third-order valence-electron chi connectivity index (χ3n) is 2.94. The molecule has 0 saturated carbocycles. The van der Waals surface area contributed by atoms with Gasteiger partial charge in [-0.1, -0.05) is 0 Å². The summed E-state index contributed by atoms with van der Waals surface area (Å²) in [4.78, 5) is 0. The summed E-state index contributed by atoms with van der Waals surface area (Å²) in [6, 6.07) is 7.74. The van der Waals surface area contributed by atoms with Gasteiger partial charge in [0.15, 0.2) is 0 Å². The van der Waals surface area contributed by atoms with E-state index in [0.29, 0.717) is 28.9 Å². The van der Waals surface area contributed by atoms with Crippen molar-refractivity contribution in [3.63, 3.8) is 0 Å². The monoisotopic (exact) mass is 260 g/mol. The van der Waals surface area contributed by atoms with Crippen LogP contribution >= 0.6 is 0 Å². The predicted molar refractivity (Wildman–Crippen MR) is 74.8 cm³/mol. The summed E-state index contributed by atoms with van der Waals surface area (Å²) < 4.78 is 0. The summed E-state index contributed by atoms with van der Waals surface area (Å²) in [6.07, 6.45) is 0.455. The lowest BCUT2D eigenvalue weighted by molar-refractivity contribution is 0.299. The number of phenolic OH excluding ortho intramolecular Hbond substituents is 2. The number of anilines is 2. The van der Waals surface area contributed by atoms with Gasteiger partial charge in [0.05, 0.1) is 11.4 Å². The molecule has 0 aliphatic heterocycles. The SMILES string of the molecule is Nc1cc(CCO)cc(-c2ccc(O)cc2O)c1N. The Morgan fingerprint density at radius 2 is 1.68 bits per heavy atom. The molecule has 19 heavy (non-hydrogen) atoms. The van der Waals surface area contributed by atoms with E-state index in [1.54, 1.807) is 18.2 Å². The first-order valence-electron chi connectivity index (χ1n) is 5.84. The first-order valence-corrected chi connectivity index (χ1v) is 5.84. The second kappa shape index (κ2) is 5.07. The smallest absolute Gasteiger partial charge is 0.127 e. The number of benzene rings is 2. The molecule has 0 unspecified atom stereocenters. The third kappa shape index (κ3) is 2.56. The Labute approximate surface area is 110 Å². The van der Waals surface area contributed by atoms with Crippen LogP contribution in [0.15, 0.2) is 30.3 Å². The molecule has 0 spiro atoms. The van der Waals surface area contributed by atoms with E-state index in [-0.39, 0.29) is 18.1 Å². The van der Waals surface area contributed by atoms with Gasteiger partial charge in [-0.2, -0.15) is 0 Å². The van der Waals surface area contributed by atoms with Crippen LogP contribution in [0, 0.1) is 0 Å². The van der Waals surface area contributed by atoms with Crippen molar-refractivity contribution < 1.29 is 15.3 Å². The Morgan fingerprint density at radius 1 is 0.947 bits per heavy atom. The molecule has 0 atom stereocenters. The summed E-state index contributed by atoms with van der Waals surface area (Å²) in [5, 5.41) is 28.2.